The predicted molar refractivity (Wildman–Crippen MR) is 67.5 cm³/mol. The Bertz CT molecular complexity index is 951. The van der Waals surface area contributed by atoms with Gasteiger partial charge in [0.15, 0.2) is 5.52 Å². The monoisotopic (exact) mass is 249 g/mol. The van der Waals surface area contributed by atoms with Gasteiger partial charge in [0.25, 0.3) is 5.89 Å². The largest absolute Gasteiger partial charge is 0.413 e. The minimum Gasteiger partial charge on any atom is -0.413 e. The lowest BCUT2D eigenvalue weighted by Crippen LogP contribution is -2.32. The van der Waals surface area contributed by atoms with E-state index in [1.54, 1.807) is 6.20 Å². The van der Waals surface area contributed by atoms with Crippen molar-refractivity contribution in [3.8, 4) is 11.5 Å². The summed E-state index contributed by atoms with van der Waals surface area (Å²) in [4.78, 5) is 4.18. The Labute approximate surface area is 107 Å². The zero-order valence-electron chi connectivity index (χ0n) is 9.95. The van der Waals surface area contributed by atoms with E-state index in [4.69, 9.17) is 4.42 Å². The minimum absolute atomic E-state index is 0.808. The van der Waals surface area contributed by atoms with Crippen LogP contribution in [0, 0.1) is 0 Å². The van der Waals surface area contributed by atoms with Crippen LogP contribution in [-0.2, 0) is 6.54 Å². The van der Waals surface area contributed by atoms with Crippen LogP contribution < -0.4 is 4.57 Å². The van der Waals surface area contributed by atoms with Crippen molar-refractivity contribution in [1.82, 2.24) is 14.6 Å². The summed E-state index contributed by atoms with van der Waals surface area (Å²) in [5, 5.41) is 4.40. The van der Waals surface area contributed by atoms with Gasteiger partial charge >= 0.3 is 5.65 Å². The van der Waals surface area contributed by atoms with Crippen LogP contribution in [0.5, 0.6) is 0 Å². The SMILES string of the molecule is c1cnn2c(c1)cc1oc3[n+](c12)Cc1ccncc1-3. The summed E-state index contributed by atoms with van der Waals surface area (Å²) in [6.45, 7) is 0.808. The fraction of sp³-hybridized carbons (Fsp3) is 0.0714. The normalized spacial score (nSPS) is 13.1. The molecule has 1 aliphatic heterocycles. The van der Waals surface area contributed by atoms with Gasteiger partial charge in [0, 0.05) is 24.0 Å². The average molecular weight is 249 g/mol. The highest BCUT2D eigenvalue weighted by Gasteiger charge is 2.33. The van der Waals surface area contributed by atoms with Crippen molar-refractivity contribution in [2.45, 2.75) is 6.54 Å². The lowest BCUT2D eigenvalue weighted by atomic mass is 10.2. The van der Waals surface area contributed by atoms with Gasteiger partial charge in [0.1, 0.15) is 6.54 Å². The molecule has 0 saturated heterocycles. The zero-order valence-corrected chi connectivity index (χ0v) is 9.95. The summed E-state index contributed by atoms with van der Waals surface area (Å²) in [5.74, 6) is 0.869. The summed E-state index contributed by atoms with van der Waals surface area (Å²) < 4.78 is 10.1. The smallest absolute Gasteiger partial charge is 0.354 e. The average Bonchev–Trinajstić information content (AvgIpc) is 3.05. The third-order valence-electron chi connectivity index (χ3n) is 3.66. The van der Waals surface area contributed by atoms with Gasteiger partial charge in [-0.25, -0.2) is 0 Å². The fourth-order valence-corrected chi connectivity index (χ4v) is 2.82. The maximum Gasteiger partial charge on any atom is 0.354 e. The summed E-state index contributed by atoms with van der Waals surface area (Å²) in [6, 6.07) is 8.01. The van der Waals surface area contributed by atoms with E-state index in [2.05, 4.69) is 14.6 Å². The first-order chi connectivity index (χ1) is 9.42. The number of oxazole rings is 1. The molecule has 5 rings (SSSR count). The van der Waals surface area contributed by atoms with Gasteiger partial charge < -0.3 is 4.42 Å². The van der Waals surface area contributed by atoms with Crippen LogP contribution in [0.1, 0.15) is 5.56 Å². The first-order valence-corrected chi connectivity index (χ1v) is 6.14. The summed E-state index contributed by atoms with van der Waals surface area (Å²) in [6.07, 6.45) is 5.46. The Morgan fingerprint density at radius 2 is 2.26 bits per heavy atom. The van der Waals surface area contributed by atoms with E-state index >= 15 is 0 Å². The number of fused-ring (bicyclic) bond motifs is 7. The van der Waals surface area contributed by atoms with Crippen molar-refractivity contribution in [1.29, 1.82) is 0 Å². The maximum absolute atomic E-state index is 5.98. The highest BCUT2D eigenvalue weighted by molar-refractivity contribution is 5.78. The molecular formula is C14H9N4O+. The van der Waals surface area contributed by atoms with Crippen molar-refractivity contribution in [2.24, 2.45) is 0 Å². The van der Waals surface area contributed by atoms with E-state index in [1.165, 1.54) is 5.56 Å². The Hall–Kier alpha value is -2.69. The molecule has 0 bridgehead atoms. The second-order valence-electron chi connectivity index (χ2n) is 4.72. The molecule has 0 radical (unpaired) electrons. The number of nitrogens with zero attached hydrogens (tertiary/aromatic N) is 4. The van der Waals surface area contributed by atoms with Gasteiger partial charge in [-0.05, 0) is 18.2 Å². The molecule has 0 spiro atoms. The van der Waals surface area contributed by atoms with E-state index in [0.717, 1.165) is 34.7 Å². The Morgan fingerprint density at radius 1 is 1.26 bits per heavy atom. The van der Waals surface area contributed by atoms with Crippen LogP contribution in [0.4, 0.5) is 0 Å². The Morgan fingerprint density at radius 3 is 3.26 bits per heavy atom. The standard InChI is InChI=1S/C14H9N4O/c1-2-10-6-12-13(18(10)16-4-1)17-8-9-3-5-15-7-11(9)14(17)19-12/h1-7H,8H2/q+1. The van der Waals surface area contributed by atoms with E-state index in [9.17, 15) is 0 Å². The van der Waals surface area contributed by atoms with Gasteiger partial charge in [0.2, 0.25) is 5.58 Å². The van der Waals surface area contributed by atoms with Gasteiger partial charge in [-0.1, -0.05) is 9.61 Å². The fourth-order valence-electron chi connectivity index (χ4n) is 2.82. The molecule has 90 valence electrons. The first-order valence-electron chi connectivity index (χ1n) is 6.14. The van der Waals surface area contributed by atoms with E-state index < -0.39 is 0 Å². The minimum atomic E-state index is 0.808. The molecule has 5 heteroatoms. The van der Waals surface area contributed by atoms with E-state index in [1.807, 2.05) is 41.2 Å². The van der Waals surface area contributed by atoms with Gasteiger partial charge in [0.05, 0.1) is 11.8 Å². The van der Waals surface area contributed by atoms with E-state index in [-0.39, 0.29) is 0 Å². The molecule has 1 aliphatic rings. The summed E-state index contributed by atoms with van der Waals surface area (Å²) >= 11 is 0. The molecule has 0 aliphatic carbocycles. The van der Waals surface area contributed by atoms with Crippen molar-refractivity contribution in [3.05, 3.63) is 48.4 Å². The van der Waals surface area contributed by atoms with Crippen LogP contribution in [0.2, 0.25) is 0 Å². The molecule has 0 aromatic carbocycles. The number of pyridine rings is 1. The molecule has 0 atom stereocenters. The molecule has 0 saturated carbocycles. The number of hydrogen-bond donors (Lipinski definition) is 0. The molecule has 0 unspecified atom stereocenters. The van der Waals surface area contributed by atoms with Crippen molar-refractivity contribution < 1.29 is 8.98 Å². The third kappa shape index (κ3) is 1.03. The van der Waals surface area contributed by atoms with Crippen molar-refractivity contribution in [3.63, 3.8) is 0 Å². The first kappa shape index (κ1) is 9.27. The quantitative estimate of drug-likeness (QED) is 0.393. The zero-order chi connectivity index (χ0) is 12.4. The number of aromatic nitrogens is 4. The predicted octanol–water partition coefficient (Wildman–Crippen LogP) is 1.79. The highest BCUT2D eigenvalue weighted by atomic mass is 16.4. The van der Waals surface area contributed by atoms with Crippen LogP contribution in [0.3, 0.4) is 0 Å². The number of hydrogen-bond acceptors (Lipinski definition) is 3. The second-order valence-corrected chi connectivity index (χ2v) is 4.72. The summed E-state index contributed by atoms with van der Waals surface area (Å²) in [5.41, 5.74) is 5.22. The topological polar surface area (TPSA) is 47.2 Å². The molecule has 0 fully saturated rings. The Kier molecular flexibility index (Phi) is 1.46. The van der Waals surface area contributed by atoms with Crippen molar-refractivity contribution >= 4 is 16.7 Å². The molecule has 4 aromatic rings. The number of rotatable bonds is 0. The van der Waals surface area contributed by atoms with Crippen LogP contribution in [0.15, 0.2) is 47.3 Å². The highest BCUT2D eigenvalue weighted by Crippen LogP contribution is 2.31. The Balaban J connectivity index is 1.94. The molecule has 4 aromatic heterocycles. The third-order valence-corrected chi connectivity index (χ3v) is 3.66. The second kappa shape index (κ2) is 3.00. The maximum atomic E-state index is 5.98. The van der Waals surface area contributed by atoms with E-state index in [0.29, 0.717) is 0 Å². The van der Waals surface area contributed by atoms with Gasteiger partial charge in [-0.2, -0.15) is 4.57 Å². The lowest BCUT2D eigenvalue weighted by Gasteiger charge is -1.90. The van der Waals surface area contributed by atoms with Crippen LogP contribution >= 0.6 is 0 Å². The molecule has 5 nitrogen and oxygen atoms in total. The van der Waals surface area contributed by atoms with Crippen LogP contribution in [0.25, 0.3) is 28.2 Å². The molecule has 5 heterocycles. The van der Waals surface area contributed by atoms with Gasteiger partial charge in [-0.15, -0.1) is 0 Å². The molecule has 19 heavy (non-hydrogen) atoms. The molecule has 0 amide bonds. The van der Waals surface area contributed by atoms with Crippen LogP contribution in [-0.4, -0.2) is 14.6 Å². The van der Waals surface area contributed by atoms with Crippen molar-refractivity contribution in [2.75, 3.05) is 0 Å². The lowest BCUT2D eigenvalue weighted by molar-refractivity contribution is -0.651. The van der Waals surface area contributed by atoms with Gasteiger partial charge in [-0.3, -0.25) is 4.98 Å². The molecular weight excluding hydrogens is 240 g/mol. The molecule has 0 N–H and O–H groups in total. The summed E-state index contributed by atoms with van der Waals surface area (Å²) in [7, 11) is 0.